The van der Waals surface area contributed by atoms with E-state index >= 15 is 0 Å². The summed E-state index contributed by atoms with van der Waals surface area (Å²) >= 11 is 0. The van der Waals surface area contributed by atoms with Crippen LogP contribution in [0.2, 0.25) is 0 Å². The summed E-state index contributed by atoms with van der Waals surface area (Å²) in [7, 11) is 0. The minimum atomic E-state index is -0.350. The number of carbonyl (C=O) groups is 1. The van der Waals surface area contributed by atoms with Crippen molar-refractivity contribution in [3.05, 3.63) is 59.2 Å². The minimum Gasteiger partial charge on any atom is -0.492 e. The van der Waals surface area contributed by atoms with Gasteiger partial charge >= 0.3 is 0 Å². The molecule has 0 amide bonds. The van der Waals surface area contributed by atoms with E-state index < -0.39 is 0 Å². The molecule has 3 nitrogen and oxygen atoms in total. The van der Waals surface area contributed by atoms with Crippen LogP contribution in [-0.2, 0) is 0 Å². The lowest BCUT2D eigenvalue weighted by Crippen LogP contribution is -2.05. The maximum Gasteiger partial charge on any atom is 0.194 e. The molecule has 0 bridgehead atoms. The van der Waals surface area contributed by atoms with Crippen LogP contribution >= 0.6 is 0 Å². The highest BCUT2D eigenvalue weighted by Gasteiger charge is 2.13. The van der Waals surface area contributed by atoms with Crippen molar-refractivity contribution in [3.8, 4) is 5.75 Å². The van der Waals surface area contributed by atoms with Gasteiger partial charge in [-0.05, 0) is 43.2 Å². The Hall–Kier alpha value is -2.23. The van der Waals surface area contributed by atoms with Gasteiger partial charge in [0.25, 0.3) is 0 Å². The van der Waals surface area contributed by atoms with Crippen molar-refractivity contribution in [2.75, 3.05) is 6.61 Å². The highest BCUT2D eigenvalue weighted by Crippen LogP contribution is 2.18. The molecule has 0 saturated carbocycles. The largest absolute Gasteiger partial charge is 0.492 e. The molecule has 0 aliphatic heterocycles. The summed E-state index contributed by atoms with van der Waals surface area (Å²) in [5.74, 6) is 0.0339. The van der Waals surface area contributed by atoms with E-state index in [0.717, 1.165) is 6.42 Å². The monoisotopic (exact) mass is 273 g/mol. The van der Waals surface area contributed by atoms with Crippen LogP contribution in [-0.4, -0.2) is 17.4 Å². The number of pyridine rings is 1. The molecule has 0 N–H and O–H groups in total. The molecule has 0 fully saturated rings. The number of ketones is 1. The molecular formula is C16H16FNO2. The Labute approximate surface area is 117 Å². The molecule has 0 radical (unpaired) electrons. The van der Waals surface area contributed by atoms with Crippen LogP contribution in [0.3, 0.4) is 0 Å². The van der Waals surface area contributed by atoms with Crippen LogP contribution in [0.1, 0.15) is 34.8 Å². The Kier molecular flexibility index (Phi) is 4.45. The molecule has 0 saturated heterocycles. The molecule has 0 aliphatic carbocycles. The van der Waals surface area contributed by atoms with Crippen LogP contribution in [0.4, 0.5) is 4.39 Å². The van der Waals surface area contributed by atoms with E-state index in [-0.39, 0.29) is 11.6 Å². The fourth-order valence-electron chi connectivity index (χ4n) is 1.88. The van der Waals surface area contributed by atoms with E-state index in [0.29, 0.717) is 29.0 Å². The number of nitrogens with zero attached hydrogens (tertiary/aromatic N) is 1. The summed E-state index contributed by atoms with van der Waals surface area (Å²) in [6, 6.07) is 5.78. The molecule has 0 aliphatic rings. The van der Waals surface area contributed by atoms with Gasteiger partial charge in [-0.25, -0.2) is 4.39 Å². The topological polar surface area (TPSA) is 39.2 Å². The number of halogens is 1. The predicted octanol–water partition coefficient (Wildman–Crippen LogP) is 3.55. The second-order valence-corrected chi connectivity index (χ2v) is 4.55. The lowest BCUT2D eigenvalue weighted by atomic mass is 10.00. The van der Waals surface area contributed by atoms with Crippen molar-refractivity contribution in [2.45, 2.75) is 20.3 Å². The van der Waals surface area contributed by atoms with E-state index in [1.54, 1.807) is 19.2 Å². The van der Waals surface area contributed by atoms with Gasteiger partial charge in [-0.2, -0.15) is 0 Å². The summed E-state index contributed by atoms with van der Waals surface area (Å²) in [6.07, 6.45) is 3.95. The first-order valence-corrected chi connectivity index (χ1v) is 6.50. The summed E-state index contributed by atoms with van der Waals surface area (Å²) in [5.41, 5.74) is 1.52. The molecule has 1 aromatic heterocycles. The van der Waals surface area contributed by atoms with Crippen LogP contribution in [0.25, 0.3) is 0 Å². The average Bonchev–Trinajstić information content (AvgIpc) is 2.45. The van der Waals surface area contributed by atoms with E-state index in [1.165, 1.54) is 24.4 Å². The Morgan fingerprint density at radius 1 is 1.30 bits per heavy atom. The maximum atomic E-state index is 13.1. The highest BCUT2D eigenvalue weighted by molar-refractivity contribution is 6.09. The molecule has 4 heteroatoms. The quantitative estimate of drug-likeness (QED) is 0.782. The number of rotatable bonds is 5. The number of aryl methyl sites for hydroxylation is 1. The molecule has 0 spiro atoms. The zero-order chi connectivity index (χ0) is 14.5. The molecule has 2 aromatic rings. The van der Waals surface area contributed by atoms with E-state index in [9.17, 15) is 9.18 Å². The van der Waals surface area contributed by atoms with Gasteiger partial charge in [0.1, 0.15) is 11.6 Å². The Morgan fingerprint density at radius 3 is 2.80 bits per heavy atom. The van der Waals surface area contributed by atoms with Gasteiger partial charge in [0.15, 0.2) is 5.78 Å². The summed E-state index contributed by atoms with van der Waals surface area (Å²) in [4.78, 5) is 16.4. The van der Waals surface area contributed by atoms with E-state index in [1.807, 2.05) is 6.92 Å². The standard InChI is InChI=1S/C16H16FNO2/c1-3-6-20-14-8-12(9-18-10-14)16(19)15-5-4-13(17)7-11(15)2/h4-5,7-10H,3,6H2,1-2H3. The first-order chi connectivity index (χ1) is 9.61. The molecule has 20 heavy (non-hydrogen) atoms. The molecule has 104 valence electrons. The van der Waals surface area contributed by atoms with Gasteiger partial charge in [-0.3, -0.25) is 9.78 Å². The molecule has 1 heterocycles. The zero-order valence-corrected chi connectivity index (χ0v) is 11.5. The van der Waals surface area contributed by atoms with E-state index in [4.69, 9.17) is 4.74 Å². The van der Waals surface area contributed by atoms with Gasteiger partial charge in [0.05, 0.1) is 12.8 Å². The smallest absolute Gasteiger partial charge is 0.194 e. The molecule has 0 atom stereocenters. The predicted molar refractivity (Wildman–Crippen MR) is 74.6 cm³/mol. The van der Waals surface area contributed by atoms with Gasteiger partial charge in [0, 0.05) is 17.3 Å². The molecule has 2 rings (SSSR count). The lowest BCUT2D eigenvalue weighted by Gasteiger charge is -2.07. The normalized spacial score (nSPS) is 10.3. The average molecular weight is 273 g/mol. The van der Waals surface area contributed by atoms with Crippen LogP contribution in [0.15, 0.2) is 36.7 Å². The number of carbonyl (C=O) groups excluding carboxylic acids is 1. The Balaban J connectivity index is 2.28. The number of aromatic nitrogens is 1. The lowest BCUT2D eigenvalue weighted by molar-refractivity contribution is 0.103. The minimum absolute atomic E-state index is 0.183. The highest BCUT2D eigenvalue weighted by atomic mass is 19.1. The van der Waals surface area contributed by atoms with Crippen molar-refractivity contribution >= 4 is 5.78 Å². The summed E-state index contributed by atoms with van der Waals surface area (Å²) < 4.78 is 18.5. The maximum absolute atomic E-state index is 13.1. The second kappa shape index (κ2) is 6.28. The zero-order valence-electron chi connectivity index (χ0n) is 11.5. The SMILES string of the molecule is CCCOc1cncc(C(=O)c2ccc(F)cc2C)c1. The Bertz CT molecular complexity index is 626. The summed E-state index contributed by atoms with van der Waals surface area (Å²) in [6.45, 7) is 4.29. The van der Waals surface area contributed by atoms with Crippen molar-refractivity contribution in [1.29, 1.82) is 0 Å². The van der Waals surface area contributed by atoms with Crippen LogP contribution in [0.5, 0.6) is 5.75 Å². The van der Waals surface area contributed by atoms with Gasteiger partial charge in [-0.1, -0.05) is 6.92 Å². The Morgan fingerprint density at radius 2 is 2.10 bits per heavy atom. The first kappa shape index (κ1) is 14.2. The van der Waals surface area contributed by atoms with Gasteiger partial charge in [-0.15, -0.1) is 0 Å². The fourth-order valence-corrected chi connectivity index (χ4v) is 1.88. The van der Waals surface area contributed by atoms with Crippen LogP contribution in [0, 0.1) is 12.7 Å². The number of ether oxygens (including phenoxy) is 1. The van der Waals surface area contributed by atoms with Crippen molar-refractivity contribution in [3.63, 3.8) is 0 Å². The van der Waals surface area contributed by atoms with Gasteiger partial charge in [0.2, 0.25) is 0 Å². The van der Waals surface area contributed by atoms with Crippen molar-refractivity contribution in [2.24, 2.45) is 0 Å². The second-order valence-electron chi connectivity index (χ2n) is 4.55. The third kappa shape index (κ3) is 3.20. The third-order valence-corrected chi connectivity index (χ3v) is 2.88. The number of hydrogen-bond donors (Lipinski definition) is 0. The fraction of sp³-hybridized carbons (Fsp3) is 0.250. The van der Waals surface area contributed by atoms with Crippen molar-refractivity contribution in [1.82, 2.24) is 4.98 Å². The van der Waals surface area contributed by atoms with Crippen molar-refractivity contribution < 1.29 is 13.9 Å². The number of hydrogen-bond acceptors (Lipinski definition) is 3. The first-order valence-electron chi connectivity index (χ1n) is 6.50. The van der Waals surface area contributed by atoms with E-state index in [2.05, 4.69) is 4.98 Å². The molecular weight excluding hydrogens is 257 g/mol. The molecule has 1 aromatic carbocycles. The van der Waals surface area contributed by atoms with Gasteiger partial charge < -0.3 is 4.74 Å². The third-order valence-electron chi connectivity index (χ3n) is 2.88. The molecule has 0 unspecified atom stereocenters. The number of benzene rings is 1. The van der Waals surface area contributed by atoms with Crippen LogP contribution < -0.4 is 4.74 Å². The summed E-state index contributed by atoms with van der Waals surface area (Å²) in [5, 5.41) is 0.